The molecule has 1 aromatic carbocycles. The standard InChI is InChI=1S/C16H21ClFN3O2S/c1-24-7-5-19-15(22)9-14-16(23)20-4-6-21(14)10-11-2-3-12(17)13(18)8-11/h2-3,8,14H,4-7,9-10H2,1H3,(H,19,22)(H,20,23). The van der Waals surface area contributed by atoms with E-state index in [1.54, 1.807) is 17.8 Å². The largest absolute Gasteiger partial charge is 0.355 e. The van der Waals surface area contributed by atoms with Gasteiger partial charge in [-0.25, -0.2) is 4.39 Å². The second-order valence-electron chi connectivity index (χ2n) is 5.57. The Morgan fingerprint density at radius 1 is 1.54 bits per heavy atom. The topological polar surface area (TPSA) is 61.4 Å². The van der Waals surface area contributed by atoms with E-state index < -0.39 is 11.9 Å². The zero-order valence-electron chi connectivity index (χ0n) is 13.5. The zero-order chi connectivity index (χ0) is 17.5. The summed E-state index contributed by atoms with van der Waals surface area (Å²) in [5.41, 5.74) is 0.722. The van der Waals surface area contributed by atoms with Crippen molar-refractivity contribution in [1.82, 2.24) is 15.5 Å². The summed E-state index contributed by atoms with van der Waals surface area (Å²) in [6, 6.07) is 4.05. The minimum absolute atomic E-state index is 0.0693. The fourth-order valence-corrected chi connectivity index (χ4v) is 3.01. The van der Waals surface area contributed by atoms with E-state index in [0.717, 1.165) is 11.3 Å². The summed E-state index contributed by atoms with van der Waals surface area (Å²) in [6.07, 6.45) is 2.06. The molecule has 2 amide bonds. The summed E-state index contributed by atoms with van der Waals surface area (Å²) < 4.78 is 13.6. The van der Waals surface area contributed by atoms with Crippen molar-refractivity contribution in [3.63, 3.8) is 0 Å². The van der Waals surface area contributed by atoms with Crippen molar-refractivity contribution in [2.45, 2.75) is 19.0 Å². The van der Waals surface area contributed by atoms with Gasteiger partial charge in [0.05, 0.1) is 17.5 Å². The Morgan fingerprint density at radius 3 is 3.04 bits per heavy atom. The number of carbonyl (C=O) groups is 2. The first-order chi connectivity index (χ1) is 11.5. The van der Waals surface area contributed by atoms with Crippen molar-refractivity contribution in [3.8, 4) is 0 Å². The first kappa shape index (κ1) is 19.0. The van der Waals surface area contributed by atoms with Crippen LogP contribution in [0.1, 0.15) is 12.0 Å². The van der Waals surface area contributed by atoms with Crippen molar-refractivity contribution in [3.05, 3.63) is 34.6 Å². The molecule has 0 bridgehead atoms. The predicted molar refractivity (Wildman–Crippen MR) is 94.6 cm³/mol. The number of piperazine rings is 1. The second kappa shape index (κ2) is 9.25. The molecular formula is C16H21ClFN3O2S. The summed E-state index contributed by atoms with van der Waals surface area (Å²) in [4.78, 5) is 26.1. The van der Waals surface area contributed by atoms with E-state index in [4.69, 9.17) is 11.6 Å². The molecular weight excluding hydrogens is 353 g/mol. The molecule has 2 N–H and O–H groups in total. The van der Waals surface area contributed by atoms with Gasteiger partial charge in [-0.1, -0.05) is 17.7 Å². The van der Waals surface area contributed by atoms with Gasteiger partial charge >= 0.3 is 0 Å². The molecule has 1 aliphatic rings. The quantitative estimate of drug-likeness (QED) is 0.713. The van der Waals surface area contributed by atoms with E-state index in [0.29, 0.717) is 26.2 Å². The lowest BCUT2D eigenvalue weighted by Crippen LogP contribution is -2.56. The fourth-order valence-electron chi connectivity index (χ4n) is 2.59. The van der Waals surface area contributed by atoms with Crippen LogP contribution in [0.4, 0.5) is 4.39 Å². The third-order valence-electron chi connectivity index (χ3n) is 3.82. The molecule has 0 radical (unpaired) electrons. The molecule has 24 heavy (non-hydrogen) atoms. The monoisotopic (exact) mass is 373 g/mol. The number of thioether (sulfide) groups is 1. The lowest BCUT2D eigenvalue weighted by atomic mass is 10.1. The number of amides is 2. The van der Waals surface area contributed by atoms with Crippen molar-refractivity contribution in [2.75, 3.05) is 31.6 Å². The molecule has 1 atom stereocenters. The van der Waals surface area contributed by atoms with Crippen LogP contribution in [0.2, 0.25) is 5.02 Å². The number of nitrogens with one attached hydrogen (secondary N) is 2. The van der Waals surface area contributed by atoms with Gasteiger partial charge in [-0.15, -0.1) is 0 Å². The number of carbonyl (C=O) groups excluding carboxylic acids is 2. The lowest BCUT2D eigenvalue weighted by Gasteiger charge is -2.34. The third-order valence-corrected chi connectivity index (χ3v) is 4.74. The summed E-state index contributed by atoms with van der Waals surface area (Å²) in [5, 5.41) is 5.66. The Morgan fingerprint density at radius 2 is 2.33 bits per heavy atom. The zero-order valence-corrected chi connectivity index (χ0v) is 15.1. The van der Waals surface area contributed by atoms with Crippen LogP contribution in [0.3, 0.4) is 0 Å². The molecule has 1 heterocycles. The number of hydrogen-bond donors (Lipinski definition) is 2. The van der Waals surface area contributed by atoms with Crippen LogP contribution in [0.5, 0.6) is 0 Å². The van der Waals surface area contributed by atoms with Crippen LogP contribution >= 0.6 is 23.4 Å². The minimum atomic E-state index is -0.549. The van der Waals surface area contributed by atoms with E-state index in [9.17, 15) is 14.0 Å². The molecule has 0 saturated carbocycles. The molecule has 1 saturated heterocycles. The molecule has 1 aromatic rings. The van der Waals surface area contributed by atoms with Crippen LogP contribution in [0.25, 0.3) is 0 Å². The molecule has 0 aromatic heterocycles. The predicted octanol–water partition coefficient (Wildman–Crippen LogP) is 1.65. The molecule has 1 fully saturated rings. The van der Waals surface area contributed by atoms with E-state index in [-0.39, 0.29) is 23.3 Å². The van der Waals surface area contributed by atoms with Gasteiger partial charge in [0, 0.05) is 31.9 Å². The van der Waals surface area contributed by atoms with Gasteiger partial charge < -0.3 is 10.6 Å². The Labute approximate surface area is 150 Å². The molecule has 8 heteroatoms. The average Bonchev–Trinajstić information content (AvgIpc) is 2.54. The van der Waals surface area contributed by atoms with Crippen molar-refractivity contribution >= 4 is 35.2 Å². The highest BCUT2D eigenvalue weighted by Crippen LogP contribution is 2.19. The number of halogens is 2. The average molecular weight is 374 g/mol. The maximum Gasteiger partial charge on any atom is 0.237 e. The molecule has 0 spiro atoms. The van der Waals surface area contributed by atoms with Gasteiger partial charge in [0.1, 0.15) is 5.82 Å². The Kier molecular flexibility index (Phi) is 7.33. The lowest BCUT2D eigenvalue weighted by molar-refractivity contribution is -0.134. The molecule has 1 aliphatic heterocycles. The number of rotatable bonds is 7. The fraction of sp³-hybridized carbons (Fsp3) is 0.500. The van der Waals surface area contributed by atoms with Crippen LogP contribution in [0, 0.1) is 5.82 Å². The molecule has 132 valence electrons. The highest BCUT2D eigenvalue weighted by Gasteiger charge is 2.31. The normalized spacial score (nSPS) is 18.3. The summed E-state index contributed by atoms with van der Waals surface area (Å²) >= 11 is 7.34. The molecule has 5 nitrogen and oxygen atoms in total. The van der Waals surface area contributed by atoms with Crippen molar-refractivity contribution in [1.29, 1.82) is 0 Å². The molecule has 1 unspecified atom stereocenters. The molecule has 0 aliphatic carbocycles. The number of nitrogens with zero attached hydrogens (tertiary/aromatic N) is 1. The van der Waals surface area contributed by atoms with E-state index in [1.165, 1.54) is 12.1 Å². The van der Waals surface area contributed by atoms with Gasteiger partial charge in [0.25, 0.3) is 0 Å². The minimum Gasteiger partial charge on any atom is -0.355 e. The third kappa shape index (κ3) is 5.36. The highest BCUT2D eigenvalue weighted by molar-refractivity contribution is 7.98. The van der Waals surface area contributed by atoms with Gasteiger partial charge in [-0.2, -0.15) is 11.8 Å². The SMILES string of the molecule is CSCCNC(=O)CC1C(=O)NCCN1Cc1ccc(Cl)c(F)c1. The smallest absolute Gasteiger partial charge is 0.237 e. The summed E-state index contributed by atoms with van der Waals surface area (Å²) in [5.74, 6) is 0.0205. The number of hydrogen-bond acceptors (Lipinski definition) is 4. The van der Waals surface area contributed by atoms with Crippen LogP contribution in [-0.4, -0.2) is 54.4 Å². The summed E-state index contributed by atoms with van der Waals surface area (Å²) in [6.45, 7) is 2.10. The van der Waals surface area contributed by atoms with Crippen LogP contribution in [-0.2, 0) is 16.1 Å². The van der Waals surface area contributed by atoms with Crippen LogP contribution < -0.4 is 10.6 Å². The first-order valence-electron chi connectivity index (χ1n) is 7.72. The Bertz CT molecular complexity index is 603. The van der Waals surface area contributed by atoms with Crippen LogP contribution in [0.15, 0.2) is 18.2 Å². The van der Waals surface area contributed by atoms with Gasteiger partial charge in [0.15, 0.2) is 0 Å². The highest BCUT2D eigenvalue weighted by atomic mass is 35.5. The summed E-state index contributed by atoms with van der Waals surface area (Å²) in [7, 11) is 0. The maximum atomic E-state index is 13.6. The molecule has 2 rings (SSSR count). The Hall–Kier alpha value is -1.31. The van der Waals surface area contributed by atoms with Crippen molar-refractivity contribution in [2.24, 2.45) is 0 Å². The van der Waals surface area contributed by atoms with Gasteiger partial charge in [-0.05, 0) is 24.0 Å². The first-order valence-corrected chi connectivity index (χ1v) is 9.49. The van der Waals surface area contributed by atoms with Gasteiger partial charge in [-0.3, -0.25) is 14.5 Å². The van der Waals surface area contributed by atoms with E-state index >= 15 is 0 Å². The van der Waals surface area contributed by atoms with Crippen molar-refractivity contribution < 1.29 is 14.0 Å². The van der Waals surface area contributed by atoms with E-state index in [1.807, 2.05) is 11.2 Å². The van der Waals surface area contributed by atoms with Gasteiger partial charge in [0.2, 0.25) is 11.8 Å². The maximum absolute atomic E-state index is 13.6. The Balaban J connectivity index is 2.01. The van der Waals surface area contributed by atoms with E-state index in [2.05, 4.69) is 10.6 Å². The second-order valence-corrected chi connectivity index (χ2v) is 6.97. The number of benzene rings is 1.